The topological polar surface area (TPSA) is 74.2 Å². The second-order valence-electron chi connectivity index (χ2n) is 9.34. The minimum atomic E-state index is -1.67. The molecule has 3 aliphatic rings. The number of hydrogen-bond acceptors (Lipinski definition) is 6. The van der Waals surface area contributed by atoms with Crippen LogP contribution < -0.4 is 0 Å². The molecule has 0 spiro atoms. The fourth-order valence-electron chi connectivity index (χ4n) is 5.41. The highest BCUT2D eigenvalue weighted by molar-refractivity contribution is 5.81. The van der Waals surface area contributed by atoms with Gasteiger partial charge in [0.25, 0.3) is 0 Å². The molecule has 1 N–H and O–H groups in total. The number of hydrogen-bond donors (Lipinski definition) is 1. The lowest BCUT2D eigenvalue weighted by Gasteiger charge is -2.37. The van der Waals surface area contributed by atoms with E-state index in [9.17, 15) is 9.90 Å². The molecule has 5 rings (SSSR count). The van der Waals surface area contributed by atoms with Gasteiger partial charge >= 0.3 is 5.97 Å². The van der Waals surface area contributed by atoms with E-state index in [0.717, 1.165) is 37.7 Å². The van der Waals surface area contributed by atoms with Gasteiger partial charge in [0.05, 0.1) is 19.8 Å². The van der Waals surface area contributed by atoms with Crippen molar-refractivity contribution in [1.82, 2.24) is 0 Å². The third-order valence-corrected chi connectivity index (χ3v) is 7.25. The summed E-state index contributed by atoms with van der Waals surface area (Å²) in [5.41, 5.74) is 0.0119. The van der Waals surface area contributed by atoms with Crippen molar-refractivity contribution < 1.29 is 28.8 Å². The van der Waals surface area contributed by atoms with Crippen molar-refractivity contribution in [3.63, 3.8) is 0 Å². The molecule has 2 heterocycles. The van der Waals surface area contributed by atoms with E-state index in [1.807, 2.05) is 60.7 Å². The molecule has 0 amide bonds. The molecule has 2 aromatic carbocycles. The van der Waals surface area contributed by atoms with Crippen LogP contribution in [-0.4, -0.2) is 48.7 Å². The zero-order valence-electron chi connectivity index (χ0n) is 18.8. The Hall–Kier alpha value is -2.25. The van der Waals surface area contributed by atoms with Gasteiger partial charge in [0.1, 0.15) is 18.3 Å². The summed E-state index contributed by atoms with van der Waals surface area (Å²) < 4.78 is 23.9. The third-order valence-electron chi connectivity index (χ3n) is 7.25. The highest BCUT2D eigenvalue weighted by Crippen LogP contribution is 2.41. The highest BCUT2D eigenvalue weighted by Gasteiger charge is 2.53. The lowest BCUT2D eigenvalue weighted by Crippen LogP contribution is -2.48. The molecule has 33 heavy (non-hydrogen) atoms. The first-order valence-electron chi connectivity index (χ1n) is 12.0. The van der Waals surface area contributed by atoms with Crippen molar-refractivity contribution in [2.24, 2.45) is 5.92 Å². The molecule has 5 atom stereocenters. The predicted molar refractivity (Wildman–Crippen MR) is 121 cm³/mol. The SMILES string of the molecule is O=C(O[C@@H]1CO[C@H]2[C@@H]1OC[C@@H]2OCc1ccccc1)[C@](O)(c1ccccc1)C1CCCCC1. The van der Waals surface area contributed by atoms with Gasteiger partial charge in [-0.1, -0.05) is 79.9 Å². The quantitative estimate of drug-likeness (QED) is 0.645. The van der Waals surface area contributed by atoms with Gasteiger partial charge in [0.15, 0.2) is 11.7 Å². The number of fused-ring (bicyclic) bond motifs is 1. The molecule has 0 bridgehead atoms. The van der Waals surface area contributed by atoms with E-state index in [0.29, 0.717) is 18.8 Å². The Kier molecular flexibility index (Phi) is 6.79. The maximum absolute atomic E-state index is 13.5. The van der Waals surface area contributed by atoms with E-state index in [2.05, 4.69) is 0 Å². The van der Waals surface area contributed by atoms with Crippen LogP contribution >= 0.6 is 0 Å². The minimum absolute atomic E-state index is 0.161. The fourth-order valence-corrected chi connectivity index (χ4v) is 5.41. The van der Waals surface area contributed by atoms with Gasteiger partial charge in [0.2, 0.25) is 0 Å². The monoisotopic (exact) mass is 452 g/mol. The minimum Gasteiger partial charge on any atom is -0.455 e. The molecule has 2 aliphatic heterocycles. The summed E-state index contributed by atoms with van der Waals surface area (Å²) in [5, 5.41) is 11.8. The smallest absolute Gasteiger partial charge is 0.343 e. The van der Waals surface area contributed by atoms with Crippen LogP contribution in [0.3, 0.4) is 0 Å². The molecular formula is C27H32O6. The Morgan fingerprint density at radius 3 is 2.18 bits per heavy atom. The first-order valence-corrected chi connectivity index (χ1v) is 12.0. The van der Waals surface area contributed by atoms with Crippen LogP contribution in [0.2, 0.25) is 0 Å². The average molecular weight is 453 g/mol. The molecule has 2 aromatic rings. The molecule has 0 radical (unpaired) electrons. The van der Waals surface area contributed by atoms with Crippen LogP contribution in [0.4, 0.5) is 0 Å². The molecule has 3 fully saturated rings. The van der Waals surface area contributed by atoms with Gasteiger partial charge in [-0.25, -0.2) is 4.79 Å². The number of ether oxygens (including phenoxy) is 4. The van der Waals surface area contributed by atoms with Gasteiger partial charge in [-0.05, 0) is 24.0 Å². The second kappa shape index (κ2) is 9.94. The molecule has 1 aliphatic carbocycles. The van der Waals surface area contributed by atoms with E-state index in [1.165, 1.54) is 0 Å². The van der Waals surface area contributed by atoms with Crippen LogP contribution in [0.25, 0.3) is 0 Å². The van der Waals surface area contributed by atoms with E-state index in [4.69, 9.17) is 18.9 Å². The zero-order chi connectivity index (χ0) is 22.7. The van der Waals surface area contributed by atoms with Crippen molar-refractivity contribution in [2.75, 3.05) is 13.2 Å². The normalized spacial score (nSPS) is 29.4. The maximum atomic E-state index is 13.5. The van der Waals surface area contributed by atoms with Crippen LogP contribution in [0.15, 0.2) is 60.7 Å². The molecular weight excluding hydrogens is 420 g/mol. The summed E-state index contributed by atoms with van der Waals surface area (Å²) in [4.78, 5) is 13.5. The van der Waals surface area contributed by atoms with Crippen LogP contribution in [-0.2, 0) is 35.9 Å². The summed E-state index contributed by atoms with van der Waals surface area (Å²) in [5.74, 6) is -0.766. The molecule has 0 unspecified atom stereocenters. The summed E-state index contributed by atoms with van der Waals surface area (Å²) in [6.45, 7) is 1.10. The number of carbonyl (C=O) groups is 1. The molecule has 6 nitrogen and oxygen atoms in total. The Morgan fingerprint density at radius 2 is 1.48 bits per heavy atom. The third kappa shape index (κ3) is 4.58. The molecule has 1 saturated carbocycles. The first-order chi connectivity index (χ1) is 16.2. The van der Waals surface area contributed by atoms with Crippen LogP contribution in [0.5, 0.6) is 0 Å². The molecule has 6 heteroatoms. The Labute approximate surface area is 194 Å². The van der Waals surface area contributed by atoms with Gasteiger partial charge in [-0.2, -0.15) is 0 Å². The van der Waals surface area contributed by atoms with Crippen molar-refractivity contribution in [1.29, 1.82) is 0 Å². The number of rotatable bonds is 7. The summed E-state index contributed by atoms with van der Waals surface area (Å²) in [6, 6.07) is 19.2. The van der Waals surface area contributed by atoms with Gasteiger partial charge in [0, 0.05) is 5.92 Å². The predicted octanol–water partition coefficient (Wildman–Crippen LogP) is 3.75. The van der Waals surface area contributed by atoms with E-state index < -0.39 is 17.7 Å². The summed E-state index contributed by atoms with van der Waals surface area (Å²) >= 11 is 0. The lowest BCUT2D eigenvalue weighted by atomic mass is 9.73. The number of esters is 1. The van der Waals surface area contributed by atoms with Crippen LogP contribution in [0.1, 0.15) is 43.2 Å². The van der Waals surface area contributed by atoms with Gasteiger partial charge in [-0.3, -0.25) is 0 Å². The van der Waals surface area contributed by atoms with Crippen molar-refractivity contribution in [3.05, 3.63) is 71.8 Å². The summed E-state index contributed by atoms with van der Waals surface area (Å²) in [6.07, 6.45) is 3.31. The fraction of sp³-hybridized carbons (Fsp3) is 0.519. The van der Waals surface area contributed by atoms with Gasteiger partial charge < -0.3 is 24.1 Å². The van der Waals surface area contributed by atoms with Crippen molar-refractivity contribution in [3.8, 4) is 0 Å². The second-order valence-corrected chi connectivity index (χ2v) is 9.34. The average Bonchev–Trinajstić information content (AvgIpc) is 3.47. The number of benzene rings is 2. The first kappa shape index (κ1) is 22.5. The number of carbonyl (C=O) groups excluding carboxylic acids is 1. The van der Waals surface area contributed by atoms with Crippen LogP contribution in [0, 0.1) is 5.92 Å². The molecule has 176 valence electrons. The lowest BCUT2D eigenvalue weighted by molar-refractivity contribution is -0.185. The Bertz CT molecular complexity index is 913. The zero-order valence-corrected chi connectivity index (χ0v) is 18.8. The van der Waals surface area contributed by atoms with E-state index in [-0.39, 0.29) is 30.8 Å². The largest absolute Gasteiger partial charge is 0.455 e. The van der Waals surface area contributed by atoms with Crippen molar-refractivity contribution in [2.45, 2.75) is 68.7 Å². The van der Waals surface area contributed by atoms with E-state index >= 15 is 0 Å². The standard InChI is InChI=1S/C27H32O6/c28-26(27(29,20-12-6-2-7-13-20)21-14-8-3-9-15-21)33-23-18-32-24-22(17-31-25(23)24)30-16-19-10-4-1-5-11-19/h1-2,4-7,10-13,21-25,29H,3,8-9,14-18H2/t22-,23+,24+,25+,27-/m0/s1. The molecule has 0 aromatic heterocycles. The maximum Gasteiger partial charge on any atom is 0.343 e. The summed E-state index contributed by atoms with van der Waals surface area (Å²) in [7, 11) is 0. The van der Waals surface area contributed by atoms with Gasteiger partial charge in [-0.15, -0.1) is 0 Å². The number of aliphatic hydroxyl groups is 1. The highest BCUT2D eigenvalue weighted by atomic mass is 16.7. The van der Waals surface area contributed by atoms with Crippen molar-refractivity contribution >= 4 is 5.97 Å². The Balaban J connectivity index is 1.26. The Morgan fingerprint density at radius 1 is 0.879 bits per heavy atom. The van der Waals surface area contributed by atoms with E-state index in [1.54, 1.807) is 0 Å². The molecule has 2 saturated heterocycles.